The van der Waals surface area contributed by atoms with Crippen molar-refractivity contribution in [2.24, 2.45) is 11.7 Å². The van der Waals surface area contributed by atoms with Gasteiger partial charge >= 0.3 is 0 Å². The summed E-state index contributed by atoms with van der Waals surface area (Å²) in [6.07, 6.45) is 2.90. The summed E-state index contributed by atoms with van der Waals surface area (Å²) in [5.74, 6) is 0.110. The van der Waals surface area contributed by atoms with E-state index in [4.69, 9.17) is 20.9 Å². The Morgan fingerprint density at radius 3 is 2.60 bits per heavy atom. The summed E-state index contributed by atoms with van der Waals surface area (Å²) in [5.41, 5.74) is 11.9. The SMILES string of the molecule is CCCC[C@H](C(=O)NCCC(C)C)N(Cc1ccc2c(c1)OCO2)C(=O)c1snc(C(N)=O)c1N. The van der Waals surface area contributed by atoms with E-state index in [9.17, 15) is 14.4 Å². The minimum atomic E-state index is -0.811. The van der Waals surface area contributed by atoms with E-state index in [1.807, 2.05) is 13.0 Å². The molecule has 1 aliphatic heterocycles. The fraction of sp³-hybridized carbons (Fsp3) is 0.500. The Kier molecular flexibility index (Phi) is 8.91. The number of unbranched alkanes of at least 4 members (excludes halogenated alkanes) is 1. The van der Waals surface area contributed by atoms with E-state index in [-0.39, 0.29) is 35.5 Å². The lowest BCUT2D eigenvalue weighted by Gasteiger charge is -2.31. The highest BCUT2D eigenvalue weighted by molar-refractivity contribution is 7.09. The highest BCUT2D eigenvalue weighted by Gasteiger charge is 2.33. The molecule has 1 aromatic carbocycles. The van der Waals surface area contributed by atoms with Crippen molar-refractivity contribution in [2.45, 2.75) is 59.0 Å². The molecule has 3 amide bonds. The van der Waals surface area contributed by atoms with Gasteiger partial charge in [0.2, 0.25) is 12.7 Å². The number of amides is 3. The van der Waals surface area contributed by atoms with Crippen molar-refractivity contribution in [3.63, 3.8) is 0 Å². The largest absolute Gasteiger partial charge is 0.454 e. The molecule has 1 aliphatic rings. The van der Waals surface area contributed by atoms with E-state index in [0.29, 0.717) is 30.4 Å². The zero-order valence-electron chi connectivity index (χ0n) is 20.3. The van der Waals surface area contributed by atoms with Crippen molar-refractivity contribution in [1.29, 1.82) is 0 Å². The second kappa shape index (κ2) is 11.9. The minimum Gasteiger partial charge on any atom is -0.454 e. The summed E-state index contributed by atoms with van der Waals surface area (Å²) in [7, 11) is 0. The molecule has 0 saturated heterocycles. The highest BCUT2D eigenvalue weighted by atomic mass is 32.1. The highest BCUT2D eigenvalue weighted by Crippen LogP contribution is 2.34. The van der Waals surface area contributed by atoms with Gasteiger partial charge in [-0.2, -0.15) is 4.37 Å². The number of rotatable bonds is 12. The van der Waals surface area contributed by atoms with Crippen LogP contribution < -0.4 is 26.3 Å². The van der Waals surface area contributed by atoms with Gasteiger partial charge in [0.15, 0.2) is 17.2 Å². The Morgan fingerprint density at radius 2 is 1.94 bits per heavy atom. The first-order valence-corrected chi connectivity index (χ1v) is 12.5. The molecule has 0 radical (unpaired) electrons. The van der Waals surface area contributed by atoms with Gasteiger partial charge in [-0.1, -0.05) is 39.7 Å². The van der Waals surface area contributed by atoms with Gasteiger partial charge in [0.05, 0.1) is 5.69 Å². The van der Waals surface area contributed by atoms with Gasteiger partial charge in [-0.05, 0) is 48.0 Å². The molecular weight excluding hydrogens is 470 g/mol. The molecule has 1 aromatic heterocycles. The van der Waals surface area contributed by atoms with Crippen molar-refractivity contribution in [3.05, 3.63) is 34.3 Å². The second-order valence-corrected chi connectivity index (χ2v) is 9.66. The summed E-state index contributed by atoms with van der Waals surface area (Å²) in [5, 5.41) is 2.98. The maximum Gasteiger partial charge on any atom is 0.270 e. The third kappa shape index (κ3) is 6.41. The number of primary amides is 1. The number of hydrogen-bond donors (Lipinski definition) is 3. The molecule has 11 heteroatoms. The molecule has 0 unspecified atom stereocenters. The maximum atomic E-state index is 13.8. The third-order valence-corrected chi connectivity index (χ3v) is 6.59. The molecule has 10 nitrogen and oxygen atoms in total. The van der Waals surface area contributed by atoms with E-state index in [1.54, 1.807) is 12.1 Å². The van der Waals surface area contributed by atoms with Crippen LogP contribution in [0.2, 0.25) is 0 Å². The Balaban J connectivity index is 1.95. The van der Waals surface area contributed by atoms with Crippen LogP contribution in [0.3, 0.4) is 0 Å². The van der Waals surface area contributed by atoms with E-state index >= 15 is 0 Å². The molecule has 5 N–H and O–H groups in total. The molecule has 0 fully saturated rings. The number of fused-ring (bicyclic) bond motifs is 1. The van der Waals surface area contributed by atoms with Crippen molar-refractivity contribution < 1.29 is 23.9 Å². The van der Waals surface area contributed by atoms with Gasteiger partial charge in [-0.15, -0.1) is 0 Å². The number of nitrogens with two attached hydrogens (primary N) is 2. The van der Waals surface area contributed by atoms with Crippen LogP contribution >= 0.6 is 11.5 Å². The Hall–Kier alpha value is -3.34. The molecule has 2 heterocycles. The maximum absolute atomic E-state index is 13.8. The van der Waals surface area contributed by atoms with Crippen LogP contribution in [-0.4, -0.2) is 46.4 Å². The molecule has 190 valence electrons. The average Bonchev–Trinajstić information content (AvgIpc) is 3.43. The Bertz CT molecular complexity index is 1070. The molecule has 3 rings (SSSR count). The summed E-state index contributed by atoms with van der Waals surface area (Å²) < 4.78 is 14.8. The van der Waals surface area contributed by atoms with Crippen LogP contribution in [0.15, 0.2) is 18.2 Å². The third-order valence-electron chi connectivity index (χ3n) is 5.74. The van der Waals surface area contributed by atoms with Crippen LogP contribution in [0.25, 0.3) is 0 Å². The number of benzene rings is 1. The van der Waals surface area contributed by atoms with E-state index in [0.717, 1.165) is 36.4 Å². The molecule has 35 heavy (non-hydrogen) atoms. The first-order valence-electron chi connectivity index (χ1n) is 11.7. The summed E-state index contributed by atoms with van der Waals surface area (Å²) in [6.45, 7) is 6.96. The smallest absolute Gasteiger partial charge is 0.270 e. The molecular formula is C24H33N5O5S. The number of nitrogen functional groups attached to an aromatic ring is 1. The van der Waals surface area contributed by atoms with Gasteiger partial charge in [-0.3, -0.25) is 14.4 Å². The number of anilines is 1. The normalized spacial score (nSPS) is 13.0. The lowest BCUT2D eigenvalue weighted by Crippen LogP contribution is -2.49. The Labute approximate surface area is 209 Å². The fourth-order valence-electron chi connectivity index (χ4n) is 3.75. The number of aromatic nitrogens is 1. The second-order valence-electron chi connectivity index (χ2n) is 8.89. The van der Waals surface area contributed by atoms with Gasteiger partial charge in [-0.25, -0.2) is 0 Å². The van der Waals surface area contributed by atoms with Crippen molar-refractivity contribution in [1.82, 2.24) is 14.6 Å². The summed E-state index contributed by atoms with van der Waals surface area (Å²) >= 11 is 0.803. The minimum absolute atomic E-state index is 0.0716. The van der Waals surface area contributed by atoms with Crippen LogP contribution in [-0.2, 0) is 11.3 Å². The number of nitrogens with zero attached hydrogens (tertiary/aromatic N) is 2. The number of carbonyl (C=O) groups excluding carboxylic acids is 3. The quantitative estimate of drug-likeness (QED) is 0.403. The molecule has 0 saturated carbocycles. The topological polar surface area (TPSA) is 150 Å². The van der Waals surface area contributed by atoms with Crippen molar-refractivity contribution in [3.8, 4) is 11.5 Å². The zero-order chi connectivity index (χ0) is 25.5. The summed E-state index contributed by atoms with van der Waals surface area (Å²) in [4.78, 5) is 40.3. The lowest BCUT2D eigenvalue weighted by molar-refractivity contribution is -0.126. The van der Waals surface area contributed by atoms with Crippen molar-refractivity contribution in [2.75, 3.05) is 19.1 Å². The molecule has 1 atom stereocenters. The van der Waals surface area contributed by atoms with Gasteiger partial charge in [0.1, 0.15) is 10.9 Å². The standard InChI is InChI=1S/C24H33N5O5S/c1-4-5-6-16(23(31)27-10-9-14(2)3)29(12-15-7-8-17-18(11-15)34-13-33-17)24(32)21-19(25)20(22(26)30)28-35-21/h7-8,11,14,16H,4-6,9-10,12-13,25H2,1-3H3,(H2,26,30)(H,27,31)/t16-/m1/s1. The number of hydrogen-bond acceptors (Lipinski definition) is 8. The van der Waals surface area contributed by atoms with E-state index in [1.165, 1.54) is 4.90 Å². The van der Waals surface area contributed by atoms with Crippen molar-refractivity contribution >= 4 is 34.9 Å². The van der Waals surface area contributed by atoms with E-state index < -0.39 is 17.9 Å². The summed E-state index contributed by atoms with van der Waals surface area (Å²) in [6, 6.07) is 4.65. The molecule has 0 spiro atoms. The molecule has 0 aliphatic carbocycles. The molecule has 2 aromatic rings. The van der Waals surface area contributed by atoms with Gasteiger partial charge in [0.25, 0.3) is 11.8 Å². The van der Waals surface area contributed by atoms with E-state index in [2.05, 4.69) is 23.5 Å². The average molecular weight is 504 g/mol. The zero-order valence-corrected chi connectivity index (χ0v) is 21.2. The number of carbonyl (C=O) groups is 3. The van der Waals surface area contributed by atoms with Crippen LogP contribution in [0.4, 0.5) is 5.69 Å². The van der Waals surface area contributed by atoms with Crippen LogP contribution in [0, 0.1) is 5.92 Å². The number of ether oxygens (including phenoxy) is 2. The Morgan fingerprint density at radius 1 is 1.20 bits per heavy atom. The fourth-order valence-corrected chi connectivity index (χ4v) is 4.51. The van der Waals surface area contributed by atoms with Gasteiger partial charge < -0.3 is 31.2 Å². The molecule has 0 bridgehead atoms. The monoisotopic (exact) mass is 503 g/mol. The number of nitrogens with one attached hydrogen (secondary N) is 1. The predicted molar refractivity (Wildman–Crippen MR) is 133 cm³/mol. The predicted octanol–water partition coefficient (Wildman–Crippen LogP) is 2.92. The van der Waals surface area contributed by atoms with Gasteiger partial charge in [0, 0.05) is 13.1 Å². The van der Waals surface area contributed by atoms with Crippen LogP contribution in [0.5, 0.6) is 11.5 Å². The van der Waals surface area contributed by atoms with Crippen LogP contribution in [0.1, 0.15) is 72.2 Å². The first-order chi connectivity index (χ1) is 16.7. The lowest BCUT2D eigenvalue weighted by atomic mass is 10.0. The first kappa shape index (κ1) is 26.3.